The summed E-state index contributed by atoms with van der Waals surface area (Å²) in [7, 11) is 4.13. The molecule has 1 unspecified atom stereocenters. The lowest BCUT2D eigenvalue weighted by atomic mass is 10.0. The molecule has 0 bridgehead atoms. The molecule has 1 aromatic rings. The molecule has 6 nitrogen and oxygen atoms in total. The minimum absolute atomic E-state index is 0.0218. The highest BCUT2D eigenvalue weighted by molar-refractivity contribution is 5.35. The zero-order valence-electron chi connectivity index (χ0n) is 12.6. The molecule has 0 radical (unpaired) electrons. The Bertz CT molecular complexity index is 487. The van der Waals surface area contributed by atoms with Gasteiger partial charge in [0.15, 0.2) is 0 Å². The van der Waals surface area contributed by atoms with Crippen molar-refractivity contribution >= 4 is 5.69 Å². The van der Waals surface area contributed by atoms with E-state index in [0.717, 1.165) is 25.9 Å². The number of benzene rings is 1. The number of likely N-dealkylation sites (tertiary alicyclic amines) is 1. The Hall–Kier alpha value is -1.50. The minimum atomic E-state index is -0.699. The zero-order valence-corrected chi connectivity index (χ0v) is 12.6. The smallest absolute Gasteiger partial charge is 0.269 e. The van der Waals surface area contributed by atoms with Gasteiger partial charge in [-0.05, 0) is 45.6 Å². The summed E-state index contributed by atoms with van der Waals surface area (Å²) in [4.78, 5) is 14.8. The molecule has 1 aliphatic rings. The Kier molecular flexibility index (Phi) is 5.27. The highest BCUT2D eigenvalue weighted by Gasteiger charge is 2.23. The summed E-state index contributed by atoms with van der Waals surface area (Å²) in [5, 5.41) is 21.1. The topological polar surface area (TPSA) is 69.8 Å². The molecule has 6 heteroatoms. The summed E-state index contributed by atoms with van der Waals surface area (Å²) >= 11 is 0. The summed E-state index contributed by atoms with van der Waals surface area (Å²) in [5.74, 6) is 0. The molecule has 0 spiro atoms. The first-order valence-corrected chi connectivity index (χ1v) is 7.28. The molecule has 1 fully saturated rings. The van der Waals surface area contributed by atoms with Crippen LogP contribution in [0.1, 0.15) is 24.5 Å². The van der Waals surface area contributed by atoms with Crippen LogP contribution in [0.15, 0.2) is 24.3 Å². The number of nitro groups is 1. The maximum absolute atomic E-state index is 10.8. The molecule has 1 aromatic carbocycles. The van der Waals surface area contributed by atoms with E-state index in [4.69, 9.17) is 0 Å². The molecule has 0 saturated carbocycles. The lowest BCUT2D eigenvalue weighted by Gasteiger charge is -2.36. The predicted octanol–water partition coefficient (Wildman–Crippen LogP) is 1.65. The van der Waals surface area contributed by atoms with Gasteiger partial charge in [-0.1, -0.05) is 12.1 Å². The minimum Gasteiger partial charge on any atom is -0.387 e. The highest BCUT2D eigenvalue weighted by atomic mass is 16.6. The quantitative estimate of drug-likeness (QED) is 0.660. The number of rotatable bonds is 5. The van der Waals surface area contributed by atoms with E-state index in [0.29, 0.717) is 18.2 Å². The number of nitro benzene ring substituents is 1. The fourth-order valence-electron chi connectivity index (χ4n) is 2.81. The second-order valence-corrected chi connectivity index (χ2v) is 5.84. The lowest BCUT2D eigenvalue weighted by molar-refractivity contribution is -0.385. The number of likely N-dealkylation sites (N-methyl/N-ethyl adjacent to an activating group) is 1. The molecular weight excluding hydrogens is 270 g/mol. The van der Waals surface area contributed by atoms with Crippen molar-refractivity contribution in [3.63, 3.8) is 0 Å². The molecule has 2 rings (SSSR count). The van der Waals surface area contributed by atoms with Crippen LogP contribution in [-0.4, -0.2) is 59.6 Å². The summed E-state index contributed by atoms with van der Waals surface area (Å²) < 4.78 is 0. The lowest BCUT2D eigenvalue weighted by Crippen LogP contribution is -2.43. The van der Waals surface area contributed by atoms with Gasteiger partial charge in [0.25, 0.3) is 5.69 Å². The number of non-ortho nitro benzene ring substituents is 1. The SMILES string of the molecule is CN1CCC(N(C)CC(O)c2cccc([N+](=O)[O-])c2)CC1. The standard InChI is InChI=1S/C15H23N3O3/c1-16-8-6-13(7-9-16)17(2)11-15(19)12-4-3-5-14(10-12)18(20)21/h3-5,10,13,15,19H,6-9,11H2,1-2H3. The fourth-order valence-corrected chi connectivity index (χ4v) is 2.81. The van der Waals surface area contributed by atoms with Crippen LogP contribution < -0.4 is 0 Å². The maximum atomic E-state index is 10.8. The molecule has 1 saturated heterocycles. The van der Waals surface area contributed by atoms with Crippen LogP contribution in [-0.2, 0) is 0 Å². The molecular formula is C15H23N3O3. The molecule has 0 amide bonds. The van der Waals surface area contributed by atoms with Gasteiger partial charge in [-0.25, -0.2) is 0 Å². The summed E-state index contributed by atoms with van der Waals surface area (Å²) in [6, 6.07) is 6.71. The first-order valence-electron chi connectivity index (χ1n) is 7.28. The van der Waals surface area contributed by atoms with Gasteiger partial charge in [0.05, 0.1) is 11.0 Å². The molecule has 21 heavy (non-hydrogen) atoms. The molecule has 0 aliphatic carbocycles. The summed E-state index contributed by atoms with van der Waals surface area (Å²) in [6.45, 7) is 2.64. The summed E-state index contributed by atoms with van der Waals surface area (Å²) in [5.41, 5.74) is 0.623. The Morgan fingerprint density at radius 3 is 2.76 bits per heavy atom. The largest absolute Gasteiger partial charge is 0.387 e. The van der Waals surface area contributed by atoms with E-state index in [-0.39, 0.29) is 5.69 Å². The van der Waals surface area contributed by atoms with Gasteiger partial charge in [0, 0.05) is 24.7 Å². The van der Waals surface area contributed by atoms with Crippen LogP contribution in [0.5, 0.6) is 0 Å². The third-order valence-electron chi connectivity index (χ3n) is 4.24. The van der Waals surface area contributed by atoms with Crippen molar-refractivity contribution in [2.24, 2.45) is 0 Å². The van der Waals surface area contributed by atoms with Crippen molar-refractivity contribution in [3.05, 3.63) is 39.9 Å². The first kappa shape index (κ1) is 15.9. The van der Waals surface area contributed by atoms with Gasteiger partial charge >= 0.3 is 0 Å². The zero-order chi connectivity index (χ0) is 15.4. The summed E-state index contributed by atoms with van der Waals surface area (Å²) in [6.07, 6.45) is 1.48. The first-order chi connectivity index (χ1) is 9.97. The maximum Gasteiger partial charge on any atom is 0.269 e. The van der Waals surface area contributed by atoms with Crippen molar-refractivity contribution in [1.82, 2.24) is 9.80 Å². The average Bonchev–Trinajstić information content (AvgIpc) is 2.48. The van der Waals surface area contributed by atoms with Crippen LogP contribution in [0.2, 0.25) is 0 Å². The van der Waals surface area contributed by atoms with Crippen molar-refractivity contribution in [3.8, 4) is 0 Å². The van der Waals surface area contributed by atoms with Crippen molar-refractivity contribution in [1.29, 1.82) is 0 Å². The Balaban J connectivity index is 1.95. The monoisotopic (exact) mass is 293 g/mol. The third-order valence-corrected chi connectivity index (χ3v) is 4.24. The number of nitrogens with zero attached hydrogens (tertiary/aromatic N) is 3. The van der Waals surface area contributed by atoms with E-state index in [1.54, 1.807) is 12.1 Å². The van der Waals surface area contributed by atoms with Crippen LogP contribution >= 0.6 is 0 Å². The molecule has 116 valence electrons. The van der Waals surface area contributed by atoms with E-state index in [9.17, 15) is 15.2 Å². The van der Waals surface area contributed by atoms with Gasteiger partial charge in [-0.15, -0.1) is 0 Å². The molecule has 1 N–H and O–H groups in total. The Morgan fingerprint density at radius 2 is 2.14 bits per heavy atom. The van der Waals surface area contributed by atoms with E-state index in [1.165, 1.54) is 12.1 Å². The van der Waals surface area contributed by atoms with Crippen LogP contribution in [0.4, 0.5) is 5.69 Å². The van der Waals surface area contributed by atoms with Gasteiger partial charge in [0.2, 0.25) is 0 Å². The van der Waals surface area contributed by atoms with E-state index in [2.05, 4.69) is 16.8 Å². The van der Waals surface area contributed by atoms with Crippen molar-refractivity contribution in [2.45, 2.75) is 25.0 Å². The average molecular weight is 293 g/mol. The molecule has 1 atom stereocenters. The van der Waals surface area contributed by atoms with Crippen molar-refractivity contribution in [2.75, 3.05) is 33.7 Å². The predicted molar refractivity (Wildman–Crippen MR) is 81.2 cm³/mol. The van der Waals surface area contributed by atoms with Gasteiger partial charge in [-0.3, -0.25) is 10.1 Å². The second kappa shape index (κ2) is 6.98. The molecule has 1 heterocycles. The van der Waals surface area contributed by atoms with Gasteiger partial charge in [0.1, 0.15) is 0 Å². The number of hydrogen-bond acceptors (Lipinski definition) is 5. The Morgan fingerprint density at radius 1 is 1.48 bits per heavy atom. The van der Waals surface area contributed by atoms with Crippen molar-refractivity contribution < 1.29 is 10.0 Å². The highest BCUT2D eigenvalue weighted by Crippen LogP contribution is 2.22. The third kappa shape index (κ3) is 4.23. The second-order valence-electron chi connectivity index (χ2n) is 5.84. The normalized spacial score (nSPS) is 18.9. The molecule has 0 aromatic heterocycles. The number of hydrogen-bond donors (Lipinski definition) is 1. The fraction of sp³-hybridized carbons (Fsp3) is 0.600. The van der Waals surface area contributed by atoms with E-state index >= 15 is 0 Å². The number of piperidine rings is 1. The number of aliphatic hydroxyl groups is 1. The van der Waals surface area contributed by atoms with Crippen LogP contribution in [0.3, 0.4) is 0 Å². The molecule has 1 aliphatic heterocycles. The van der Waals surface area contributed by atoms with Gasteiger partial charge in [-0.2, -0.15) is 0 Å². The number of aliphatic hydroxyl groups excluding tert-OH is 1. The van der Waals surface area contributed by atoms with Gasteiger partial charge < -0.3 is 14.9 Å². The van der Waals surface area contributed by atoms with Crippen LogP contribution in [0.25, 0.3) is 0 Å². The van der Waals surface area contributed by atoms with E-state index in [1.807, 2.05) is 7.05 Å². The van der Waals surface area contributed by atoms with Crippen LogP contribution in [0, 0.1) is 10.1 Å². The Labute approximate surface area is 125 Å². The van der Waals surface area contributed by atoms with E-state index < -0.39 is 11.0 Å².